The van der Waals surface area contributed by atoms with Crippen LogP contribution in [-0.2, 0) is 29.1 Å². The van der Waals surface area contributed by atoms with Crippen molar-refractivity contribution in [3.05, 3.63) is 75.4 Å². The molecule has 3 aliphatic rings. The first kappa shape index (κ1) is 34.2. The van der Waals surface area contributed by atoms with E-state index in [-0.39, 0.29) is 23.9 Å². The number of nitrogens with zero attached hydrogens (tertiary/aromatic N) is 4. The standard InChI is InChI=1S/C37H39Cl2N7O4/c1-49-36-21(17-40-18-22-10-13-31(47)41-22)9-12-29(44-36)26-7-3-5-24(33(26)38)25-6-4-8-27(34(25)39)35-43-30-15-16-46(19-23-11-14-32(48)42-23)20-28(30)37(45-35)50-2/h3-9,12,22-23,40H,10-11,13-20H2,1-2H3,(H,41,47)(H,42,48)/t22-,23?/m0/s1. The first-order valence-corrected chi connectivity index (χ1v) is 17.6. The van der Waals surface area contributed by atoms with E-state index in [0.717, 1.165) is 65.9 Å². The number of ether oxygens (including phenoxy) is 2. The van der Waals surface area contributed by atoms with E-state index in [2.05, 4.69) is 20.9 Å². The number of carbonyl (C=O) groups is 2. The molecular weight excluding hydrogens is 677 g/mol. The topological polar surface area (TPSA) is 131 Å². The molecule has 2 saturated heterocycles. The molecule has 11 nitrogen and oxygen atoms in total. The van der Waals surface area contributed by atoms with Gasteiger partial charge < -0.3 is 25.4 Å². The second-order valence-electron chi connectivity index (χ2n) is 12.9. The molecule has 0 aliphatic carbocycles. The number of hydrogen-bond donors (Lipinski definition) is 3. The Bertz CT molecular complexity index is 1920. The molecule has 0 radical (unpaired) electrons. The van der Waals surface area contributed by atoms with Crippen LogP contribution in [0, 0.1) is 0 Å². The smallest absolute Gasteiger partial charge is 0.221 e. The molecule has 2 aromatic carbocycles. The minimum Gasteiger partial charge on any atom is -0.481 e. The van der Waals surface area contributed by atoms with Gasteiger partial charge in [-0.15, -0.1) is 0 Å². The van der Waals surface area contributed by atoms with E-state index in [0.29, 0.717) is 71.4 Å². The Hall–Kier alpha value is -4.29. The van der Waals surface area contributed by atoms with Gasteiger partial charge in [0.2, 0.25) is 23.6 Å². The van der Waals surface area contributed by atoms with Gasteiger partial charge >= 0.3 is 0 Å². The molecule has 2 aromatic heterocycles. The molecule has 4 aromatic rings. The number of hydrogen-bond acceptors (Lipinski definition) is 9. The van der Waals surface area contributed by atoms with Gasteiger partial charge in [-0.05, 0) is 25.0 Å². The second-order valence-corrected chi connectivity index (χ2v) is 13.7. The highest BCUT2D eigenvalue weighted by molar-refractivity contribution is 6.39. The summed E-state index contributed by atoms with van der Waals surface area (Å²) in [7, 11) is 3.22. The molecule has 0 saturated carbocycles. The van der Waals surface area contributed by atoms with Crippen LogP contribution in [0.4, 0.5) is 0 Å². The number of benzene rings is 2. The second kappa shape index (κ2) is 14.9. The summed E-state index contributed by atoms with van der Waals surface area (Å²) in [5.41, 5.74) is 6.38. The molecule has 2 amide bonds. The third-order valence-corrected chi connectivity index (χ3v) is 10.4. The molecule has 0 spiro atoms. The summed E-state index contributed by atoms with van der Waals surface area (Å²) < 4.78 is 11.4. The Balaban J connectivity index is 1.13. The molecule has 3 N–H and O–H groups in total. The Labute approximate surface area is 301 Å². The van der Waals surface area contributed by atoms with Crippen LogP contribution in [0.1, 0.15) is 42.5 Å². The number of aromatic nitrogens is 3. The van der Waals surface area contributed by atoms with Crippen molar-refractivity contribution < 1.29 is 19.1 Å². The van der Waals surface area contributed by atoms with Crippen molar-refractivity contribution in [2.45, 2.75) is 57.3 Å². The number of methoxy groups -OCH3 is 2. The first-order chi connectivity index (χ1) is 24.3. The van der Waals surface area contributed by atoms with Gasteiger partial charge in [-0.25, -0.2) is 9.97 Å². The van der Waals surface area contributed by atoms with E-state index in [9.17, 15) is 9.59 Å². The molecule has 260 valence electrons. The quantitative estimate of drug-likeness (QED) is 0.192. The molecule has 0 bridgehead atoms. The number of nitrogens with one attached hydrogen (secondary N) is 3. The van der Waals surface area contributed by atoms with Crippen LogP contribution in [0.15, 0.2) is 48.5 Å². The Morgan fingerprint density at radius 1 is 0.800 bits per heavy atom. The highest BCUT2D eigenvalue weighted by atomic mass is 35.5. The third kappa shape index (κ3) is 7.14. The number of fused-ring (bicyclic) bond motifs is 1. The van der Waals surface area contributed by atoms with Crippen LogP contribution < -0.4 is 25.4 Å². The minimum absolute atomic E-state index is 0.0979. The molecule has 3 aliphatic heterocycles. The van der Waals surface area contributed by atoms with Crippen molar-refractivity contribution in [2.75, 3.05) is 33.9 Å². The summed E-state index contributed by atoms with van der Waals surface area (Å²) in [5, 5.41) is 10.4. The van der Waals surface area contributed by atoms with Crippen LogP contribution in [0.3, 0.4) is 0 Å². The third-order valence-electron chi connectivity index (χ3n) is 9.59. The monoisotopic (exact) mass is 715 g/mol. The van der Waals surface area contributed by atoms with Crippen molar-refractivity contribution in [3.63, 3.8) is 0 Å². The molecule has 13 heteroatoms. The number of carbonyl (C=O) groups excluding carboxylic acids is 2. The van der Waals surface area contributed by atoms with Crippen molar-refractivity contribution in [3.8, 4) is 45.5 Å². The number of pyridine rings is 1. The Kier molecular flexibility index (Phi) is 10.2. The van der Waals surface area contributed by atoms with E-state index in [1.165, 1.54) is 0 Å². The lowest BCUT2D eigenvalue weighted by Gasteiger charge is -2.30. The van der Waals surface area contributed by atoms with Gasteiger partial charge in [0.1, 0.15) is 0 Å². The summed E-state index contributed by atoms with van der Waals surface area (Å²) in [6.07, 6.45) is 3.58. The minimum atomic E-state index is 0.0979. The predicted octanol–water partition coefficient (Wildman–Crippen LogP) is 5.20. The predicted molar refractivity (Wildman–Crippen MR) is 192 cm³/mol. The van der Waals surface area contributed by atoms with Gasteiger partial charge in [-0.1, -0.05) is 59.6 Å². The van der Waals surface area contributed by atoms with Gasteiger partial charge in [0.05, 0.1) is 35.7 Å². The molecule has 2 atom stereocenters. The lowest BCUT2D eigenvalue weighted by atomic mass is 9.98. The summed E-state index contributed by atoms with van der Waals surface area (Å²) in [6.45, 7) is 3.49. The van der Waals surface area contributed by atoms with Crippen molar-refractivity contribution in [2.24, 2.45) is 0 Å². The summed E-state index contributed by atoms with van der Waals surface area (Å²) in [5.74, 6) is 1.73. The van der Waals surface area contributed by atoms with Crippen molar-refractivity contribution >= 4 is 35.0 Å². The fourth-order valence-electron chi connectivity index (χ4n) is 7.00. The Morgan fingerprint density at radius 2 is 1.46 bits per heavy atom. The van der Waals surface area contributed by atoms with E-state index in [1.807, 2.05) is 48.5 Å². The number of rotatable bonds is 11. The van der Waals surface area contributed by atoms with Gasteiger partial charge in [0.25, 0.3) is 0 Å². The maximum atomic E-state index is 11.7. The van der Waals surface area contributed by atoms with Crippen LogP contribution in [-0.4, -0.2) is 77.6 Å². The molecule has 50 heavy (non-hydrogen) atoms. The zero-order valence-electron chi connectivity index (χ0n) is 28.0. The summed E-state index contributed by atoms with van der Waals surface area (Å²) >= 11 is 14.3. The molecule has 2 fully saturated rings. The SMILES string of the molecule is COc1nc(-c2cccc(-c3cccc(-c4nc5c(c(OC)n4)CN(CC4CCC(=O)N4)CC5)c3Cl)c2Cl)ccc1CNC[C@@H]1CCC(=O)N1. The van der Waals surface area contributed by atoms with E-state index in [4.69, 9.17) is 47.6 Å². The van der Waals surface area contributed by atoms with Gasteiger partial charge in [0, 0.05) is 97.5 Å². The fraction of sp³-hybridized carbons (Fsp3) is 0.378. The maximum Gasteiger partial charge on any atom is 0.221 e. The van der Waals surface area contributed by atoms with Crippen molar-refractivity contribution in [1.29, 1.82) is 0 Å². The normalized spacial score (nSPS) is 18.9. The van der Waals surface area contributed by atoms with Crippen LogP contribution in [0.2, 0.25) is 10.0 Å². The van der Waals surface area contributed by atoms with Gasteiger partial charge in [-0.2, -0.15) is 4.98 Å². The Morgan fingerprint density at radius 3 is 2.14 bits per heavy atom. The number of halogens is 2. The van der Waals surface area contributed by atoms with E-state index < -0.39 is 0 Å². The highest BCUT2D eigenvalue weighted by Gasteiger charge is 2.29. The van der Waals surface area contributed by atoms with Crippen LogP contribution in [0.25, 0.3) is 33.8 Å². The summed E-state index contributed by atoms with van der Waals surface area (Å²) in [4.78, 5) is 40.1. The summed E-state index contributed by atoms with van der Waals surface area (Å²) in [6, 6.07) is 15.8. The fourth-order valence-corrected chi connectivity index (χ4v) is 7.64. The molecule has 7 rings (SSSR count). The van der Waals surface area contributed by atoms with E-state index in [1.54, 1.807) is 14.2 Å². The van der Waals surface area contributed by atoms with Gasteiger partial charge in [0.15, 0.2) is 5.82 Å². The molecule has 1 unspecified atom stereocenters. The van der Waals surface area contributed by atoms with Gasteiger partial charge in [-0.3, -0.25) is 14.5 Å². The first-order valence-electron chi connectivity index (χ1n) is 16.9. The zero-order valence-corrected chi connectivity index (χ0v) is 29.5. The highest BCUT2D eigenvalue weighted by Crippen LogP contribution is 2.42. The van der Waals surface area contributed by atoms with Crippen molar-refractivity contribution in [1.82, 2.24) is 35.8 Å². The van der Waals surface area contributed by atoms with Crippen LogP contribution >= 0.6 is 23.2 Å². The largest absolute Gasteiger partial charge is 0.481 e. The average Bonchev–Trinajstić information content (AvgIpc) is 3.74. The molecular formula is C37H39Cl2N7O4. The maximum absolute atomic E-state index is 11.7. The molecule has 5 heterocycles. The zero-order chi connectivity index (χ0) is 34.8. The number of amides is 2. The van der Waals surface area contributed by atoms with E-state index >= 15 is 0 Å². The lowest BCUT2D eigenvalue weighted by molar-refractivity contribution is -0.120. The van der Waals surface area contributed by atoms with Crippen LogP contribution in [0.5, 0.6) is 11.8 Å². The lowest BCUT2D eigenvalue weighted by Crippen LogP contribution is -2.41. The average molecular weight is 717 g/mol.